The molecule has 0 aliphatic heterocycles. The van der Waals surface area contributed by atoms with Crippen molar-refractivity contribution in [3.63, 3.8) is 0 Å². The lowest BCUT2D eigenvalue weighted by atomic mass is 9.96. The fourth-order valence-corrected chi connectivity index (χ4v) is 4.19. The summed E-state index contributed by atoms with van der Waals surface area (Å²) in [4.78, 5) is 0. The lowest BCUT2D eigenvalue weighted by Gasteiger charge is -2.04. The molecule has 0 amide bonds. The van der Waals surface area contributed by atoms with Gasteiger partial charge in [-0.25, -0.2) is 0 Å². The first-order valence-corrected chi connectivity index (χ1v) is 8.08. The molecule has 0 unspecified atom stereocenters. The van der Waals surface area contributed by atoms with Crippen LogP contribution in [0, 0.1) is 0 Å². The van der Waals surface area contributed by atoms with Crippen molar-refractivity contribution >= 4 is 77.0 Å². The third-order valence-corrected chi connectivity index (χ3v) is 4.87. The minimum absolute atomic E-state index is 0.653. The molecule has 0 atom stereocenters. The molecule has 2 aromatic carbocycles. The molecule has 4 aromatic rings. The van der Waals surface area contributed by atoms with Crippen molar-refractivity contribution in [3.8, 4) is 0 Å². The van der Waals surface area contributed by atoms with E-state index >= 15 is 0 Å². The van der Waals surface area contributed by atoms with Gasteiger partial charge in [-0.1, -0.05) is 30.9 Å². The molecule has 2 nitrogen and oxygen atoms in total. The maximum atomic E-state index is 5.86. The molecule has 0 radical (unpaired) electrons. The minimum atomic E-state index is 0.653. The van der Waals surface area contributed by atoms with E-state index in [-0.39, 0.29) is 0 Å². The third kappa shape index (κ3) is 1.63. The molecule has 104 valence electrons. The van der Waals surface area contributed by atoms with Crippen LogP contribution >= 0.6 is 31.9 Å². The van der Waals surface area contributed by atoms with E-state index in [1.54, 1.807) is 0 Å². The van der Waals surface area contributed by atoms with Crippen molar-refractivity contribution < 1.29 is 8.83 Å². The molecule has 0 saturated heterocycles. The summed E-state index contributed by atoms with van der Waals surface area (Å²) in [6, 6.07) is 6.05. The zero-order valence-electron chi connectivity index (χ0n) is 11.2. The minimum Gasteiger partial charge on any atom is -0.449 e. The molecule has 21 heavy (non-hydrogen) atoms. The highest BCUT2D eigenvalue weighted by atomic mass is 79.9. The van der Waals surface area contributed by atoms with Crippen LogP contribution in [-0.4, -0.2) is 0 Å². The third-order valence-electron chi connectivity index (χ3n) is 3.75. The summed E-state index contributed by atoms with van der Waals surface area (Å²) in [5.41, 5.74) is 2.58. The van der Waals surface area contributed by atoms with Crippen LogP contribution < -0.4 is 5.42 Å². The van der Waals surface area contributed by atoms with Crippen LogP contribution in [0.25, 0.3) is 45.2 Å². The Bertz CT molecular complexity index is 1080. The largest absolute Gasteiger partial charge is 0.449 e. The van der Waals surface area contributed by atoms with Crippen molar-refractivity contribution in [3.05, 3.63) is 44.6 Å². The van der Waals surface area contributed by atoms with Gasteiger partial charge in [0, 0.05) is 21.5 Å². The number of halogens is 2. The maximum absolute atomic E-state index is 5.86. The lowest BCUT2D eigenvalue weighted by Crippen LogP contribution is -1.94. The molecule has 2 aromatic heterocycles. The number of benzene rings is 2. The van der Waals surface area contributed by atoms with E-state index in [9.17, 15) is 0 Å². The van der Waals surface area contributed by atoms with Crippen molar-refractivity contribution in [1.82, 2.24) is 0 Å². The SMILES string of the molecule is C=c1oc(Br)c2c1c(/C=C\C)c1c(Br)oc3cccc2c31. The maximum Gasteiger partial charge on any atom is 0.178 e. The van der Waals surface area contributed by atoms with Gasteiger partial charge in [-0.2, -0.15) is 0 Å². The highest BCUT2D eigenvalue weighted by molar-refractivity contribution is 9.10. The van der Waals surface area contributed by atoms with Crippen molar-refractivity contribution in [2.75, 3.05) is 0 Å². The topological polar surface area (TPSA) is 26.3 Å². The second-order valence-electron chi connectivity index (χ2n) is 4.89. The first-order valence-electron chi connectivity index (χ1n) is 6.49. The van der Waals surface area contributed by atoms with E-state index in [4.69, 9.17) is 8.83 Å². The lowest BCUT2D eigenvalue weighted by molar-refractivity contribution is 0.517. The summed E-state index contributed by atoms with van der Waals surface area (Å²) in [5.74, 6) is 0. The van der Waals surface area contributed by atoms with Gasteiger partial charge in [-0.05, 0) is 55.8 Å². The molecule has 4 heteroatoms. The molecular weight excluding hydrogens is 396 g/mol. The van der Waals surface area contributed by atoms with Crippen molar-refractivity contribution in [2.45, 2.75) is 6.92 Å². The predicted molar refractivity (Wildman–Crippen MR) is 94.3 cm³/mol. The smallest absolute Gasteiger partial charge is 0.178 e. The Morgan fingerprint density at radius 2 is 1.76 bits per heavy atom. The summed E-state index contributed by atoms with van der Waals surface area (Å²) in [7, 11) is 0. The van der Waals surface area contributed by atoms with E-state index in [0.29, 0.717) is 10.1 Å². The van der Waals surface area contributed by atoms with Gasteiger partial charge in [0.05, 0.1) is 0 Å². The van der Waals surface area contributed by atoms with Crippen LogP contribution in [0.15, 0.2) is 42.4 Å². The van der Waals surface area contributed by atoms with E-state index in [1.807, 2.05) is 25.1 Å². The summed E-state index contributed by atoms with van der Waals surface area (Å²) in [6.45, 7) is 6.04. The molecule has 4 rings (SSSR count). The van der Waals surface area contributed by atoms with E-state index < -0.39 is 0 Å². The van der Waals surface area contributed by atoms with Crippen LogP contribution in [0.2, 0.25) is 0 Å². The van der Waals surface area contributed by atoms with Gasteiger partial charge in [0.2, 0.25) is 0 Å². The standard InChI is InChI=1S/C17H10Br2O2/c1-3-5-9-12-8(2)20-16(18)14(12)10-6-4-7-11-13(10)15(9)17(19)21-11/h3-7H,2H2,1H3/b5-3-. The van der Waals surface area contributed by atoms with Gasteiger partial charge in [0.1, 0.15) is 11.0 Å². The van der Waals surface area contributed by atoms with Gasteiger partial charge in [-0.15, -0.1) is 0 Å². The molecule has 0 bridgehead atoms. The second-order valence-corrected chi connectivity index (χ2v) is 6.33. The number of fused-ring (bicyclic) bond motifs is 2. The zero-order valence-corrected chi connectivity index (χ0v) is 14.3. The van der Waals surface area contributed by atoms with Crippen LogP contribution in [0.4, 0.5) is 0 Å². The number of allylic oxidation sites excluding steroid dienone is 1. The average Bonchev–Trinajstić information content (AvgIpc) is 2.93. The first kappa shape index (κ1) is 13.2. The molecular formula is C17H10Br2O2. The van der Waals surface area contributed by atoms with Crippen LogP contribution in [0.5, 0.6) is 0 Å². The molecule has 0 N–H and O–H groups in total. The van der Waals surface area contributed by atoms with Crippen LogP contribution in [0.1, 0.15) is 12.5 Å². The summed E-state index contributed by atoms with van der Waals surface area (Å²) in [6.07, 6.45) is 4.08. The summed E-state index contributed by atoms with van der Waals surface area (Å²) >= 11 is 7.07. The molecule has 0 aliphatic carbocycles. The monoisotopic (exact) mass is 404 g/mol. The fraction of sp³-hybridized carbons (Fsp3) is 0.0588. The molecule has 0 spiro atoms. The summed E-state index contributed by atoms with van der Waals surface area (Å²) in [5, 5.41) is 5.32. The molecule has 0 saturated carbocycles. The molecule has 0 fully saturated rings. The number of furan rings is 2. The van der Waals surface area contributed by atoms with Gasteiger partial charge < -0.3 is 8.83 Å². The molecule has 2 heterocycles. The van der Waals surface area contributed by atoms with Crippen LogP contribution in [-0.2, 0) is 0 Å². The Morgan fingerprint density at radius 1 is 1.00 bits per heavy atom. The Labute approximate surface area is 137 Å². The first-order chi connectivity index (χ1) is 10.1. The highest BCUT2D eigenvalue weighted by Gasteiger charge is 2.21. The highest BCUT2D eigenvalue weighted by Crippen LogP contribution is 2.44. The van der Waals surface area contributed by atoms with E-state index in [1.165, 1.54) is 0 Å². The zero-order chi connectivity index (χ0) is 14.7. The van der Waals surface area contributed by atoms with E-state index in [0.717, 1.165) is 42.7 Å². The van der Waals surface area contributed by atoms with Gasteiger partial charge in [0.15, 0.2) is 9.34 Å². The summed E-state index contributed by atoms with van der Waals surface area (Å²) < 4.78 is 13.0. The van der Waals surface area contributed by atoms with Crippen molar-refractivity contribution in [2.24, 2.45) is 0 Å². The fourth-order valence-electron chi connectivity index (χ4n) is 3.00. The van der Waals surface area contributed by atoms with E-state index in [2.05, 4.69) is 50.6 Å². The normalized spacial score (nSPS) is 12.5. The van der Waals surface area contributed by atoms with Crippen molar-refractivity contribution in [1.29, 1.82) is 0 Å². The van der Waals surface area contributed by atoms with Gasteiger partial charge in [-0.3, -0.25) is 0 Å². The second kappa shape index (κ2) is 4.49. The van der Waals surface area contributed by atoms with Gasteiger partial charge >= 0.3 is 0 Å². The van der Waals surface area contributed by atoms with Gasteiger partial charge in [0.25, 0.3) is 0 Å². The average molecular weight is 406 g/mol. The number of hydrogen-bond donors (Lipinski definition) is 0. The Balaban J connectivity index is 2.50. The van der Waals surface area contributed by atoms with Crippen LogP contribution in [0.3, 0.4) is 0 Å². The Morgan fingerprint density at radius 3 is 2.52 bits per heavy atom. The quantitative estimate of drug-likeness (QED) is 0.387. The Hall–Kier alpha value is -1.52. The predicted octanol–water partition coefficient (Wildman–Crippen LogP) is 6.02. The molecule has 0 aliphatic rings. The number of rotatable bonds is 1. The number of hydrogen-bond acceptors (Lipinski definition) is 2. The Kier molecular flexibility index (Phi) is 2.81.